The Morgan fingerprint density at radius 3 is 2.81 bits per heavy atom. The van der Waals surface area contributed by atoms with Crippen molar-refractivity contribution in [2.75, 3.05) is 6.61 Å². The first-order chi connectivity index (χ1) is 15.2. The second-order valence-corrected chi connectivity index (χ2v) is 8.47. The number of carbonyl (C=O) groups excluding carboxylic acids is 3. The Morgan fingerprint density at radius 2 is 2.09 bits per heavy atom. The van der Waals surface area contributed by atoms with Crippen molar-refractivity contribution in [1.82, 2.24) is 15.6 Å². The molecule has 0 aromatic carbocycles. The molecular formula is C22H30N4O6. The summed E-state index contributed by atoms with van der Waals surface area (Å²) in [6.07, 6.45) is 5.82. The summed E-state index contributed by atoms with van der Waals surface area (Å²) >= 11 is 0. The quantitative estimate of drug-likeness (QED) is 0.531. The van der Waals surface area contributed by atoms with Gasteiger partial charge in [-0.25, -0.2) is 14.8 Å². The molecule has 1 aromatic rings. The number of allylic oxidation sites excluding steroid dienone is 1. The zero-order valence-corrected chi connectivity index (χ0v) is 18.8. The van der Waals surface area contributed by atoms with Crippen molar-refractivity contribution in [3.05, 3.63) is 30.0 Å². The van der Waals surface area contributed by atoms with Crippen molar-refractivity contribution in [2.45, 2.75) is 71.2 Å². The molecule has 0 radical (unpaired) electrons. The monoisotopic (exact) mass is 446 g/mol. The highest BCUT2D eigenvalue weighted by atomic mass is 16.5. The first-order valence-corrected chi connectivity index (χ1v) is 10.8. The number of aromatic nitrogens is 1. The fourth-order valence-electron chi connectivity index (χ4n) is 3.25. The Hall–Kier alpha value is -3.17. The van der Waals surface area contributed by atoms with E-state index in [9.17, 15) is 14.4 Å². The van der Waals surface area contributed by atoms with Gasteiger partial charge in [-0.15, -0.1) is 0 Å². The summed E-state index contributed by atoms with van der Waals surface area (Å²) in [5, 5.41) is 5.46. The van der Waals surface area contributed by atoms with E-state index in [0.29, 0.717) is 5.69 Å². The summed E-state index contributed by atoms with van der Waals surface area (Å²) in [6, 6.07) is -0.907. The van der Waals surface area contributed by atoms with Crippen molar-refractivity contribution < 1.29 is 28.3 Å². The molecule has 0 spiro atoms. The van der Waals surface area contributed by atoms with Gasteiger partial charge in [-0.05, 0) is 25.3 Å². The number of aliphatic imine (C=N–C) groups is 1. The van der Waals surface area contributed by atoms with Crippen molar-refractivity contribution in [3.63, 3.8) is 0 Å². The van der Waals surface area contributed by atoms with Crippen LogP contribution in [0.3, 0.4) is 0 Å². The fraction of sp³-hybridized carbons (Fsp3) is 0.591. The van der Waals surface area contributed by atoms with Gasteiger partial charge in [-0.3, -0.25) is 9.59 Å². The zero-order chi connectivity index (χ0) is 23.3. The van der Waals surface area contributed by atoms with Crippen LogP contribution >= 0.6 is 0 Å². The molecule has 10 heteroatoms. The first-order valence-electron chi connectivity index (χ1n) is 10.8. The molecule has 3 heterocycles. The van der Waals surface area contributed by atoms with Crippen molar-refractivity contribution >= 4 is 23.7 Å². The fourth-order valence-corrected chi connectivity index (χ4v) is 3.25. The van der Waals surface area contributed by atoms with E-state index >= 15 is 0 Å². The van der Waals surface area contributed by atoms with Crippen molar-refractivity contribution in [3.8, 4) is 0 Å². The summed E-state index contributed by atoms with van der Waals surface area (Å²) in [5.41, 5.74) is -0.897. The number of cyclic esters (lactones) is 1. The summed E-state index contributed by atoms with van der Waals surface area (Å²) in [6.45, 7) is 7.31. The topological polar surface area (TPSA) is 132 Å². The van der Waals surface area contributed by atoms with Gasteiger partial charge in [0.15, 0.2) is 11.2 Å². The maximum absolute atomic E-state index is 13.0. The largest absolute Gasteiger partial charge is 0.473 e. The van der Waals surface area contributed by atoms with Crippen molar-refractivity contribution in [2.24, 2.45) is 10.9 Å². The zero-order valence-electron chi connectivity index (χ0n) is 18.8. The van der Waals surface area contributed by atoms with Crippen LogP contribution in [0, 0.1) is 5.92 Å². The number of unbranched alkanes of at least 4 members (excludes halogenated alkanes) is 1. The Balaban J connectivity index is 1.92. The van der Waals surface area contributed by atoms with Gasteiger partial charge in [0.25, 0.3) is 5.91 Å². The molecule has 2 aliphatic heterocycles. The van der Waals surface area contributed by atoms with Gasteiger partial charge in [0.2, 0.25) is 17.7 Å². The lowest BCUT2D eigenvalue weighted by Gasteiger charge is -2.26. The molecule has 174 valence electrons. The number of hydrogen-bond donors (Lipinski definition) is 2. The number of hydrogen-bond acceptors (Lipinski definition) is 8. The molecular weight excluding hydrogens is 416 g/mol. The maximum Gasteiger partial charge on any atom is 0.329 e. The molecule has 32 heavy (non-hydrogen) atoms. The average Bonchev–Trinajstić information content (AvgIpc) is 3.37. The second-order valence-electron chi connectivity index (χ2n) is 8.47. The predicted octanol–water partition coefficient (Wildman–Crippen LogP) is 1.64. The van der Waals surface area contributed by atoms with Gasteiger partial charge in [0.05, 0.1) is 13.0 Å². The van der Waals surface area contributed by atoms with Gasteiger partial charge in [-0.1, -0.05) is 33.3 Å². The van der Waals surface area contributed by atoms with E-state index in [2.05, 4.69) is 20.6 Å². The molecule has 2 aliphatic rings. The number of nitrogens with one attached hydrogen (secondary N) is 2. The number of rotatable bonds is 4. The van der Waals surface area contributed by atoms with E-state index < -0.39 is 29.6 Å². The van der Waals surface area contributed by atoms with Crippen LogP contribution in [0.5, 0.6) is 0 Å². The van der Waals surface area contributed by atoms with Crippen LogP contribution in [-0.2, 0) is 30.4 Å². The van der Waals surface area contributed by atoms with Crippen LogP contribution in [0.25, 0.3) is 0 Å². The highest BCUT2D eigenvalue weighted by Crippen LogP contribution is 2.23. The maximum atomic E-state index is 13.0. The Bertz CT molecular complexity index is 921. The molecule has 3 rings (SSSR count). The number of carbonyl (C=O) groups is 3. The van der Waals surface area contributed by atoms with Gasteiger partial charge in [-0.2, -0.15) is 0 Å². The highest BCUT2D eigenvalue weighted by molar-refractivity contribution is 5.99. The summed E-state index contributed by atoms with van der Waals surface area (Å²) < 4.78 is 16.6. The molecule has 2 N–H and O–H groups in total. The lowest BCUT2D eigenvalue weighted by atomic mass is 10.00. The molecule has 1 unspecified atom stereocenters. The standard InChI is InChI=1S/C22H30N4O6/c1-5-6-7-8-14-9-16(27)23-10-17-24-15(11-30-17)19-26-22(4,12-31-19)21(29)25-18(13(2)3)20(28)32-14/h7-8,11,13-14,18H,5-6,9-10,12H2,1-4H3,(H,23,27)(H,25,29)/b8-7+/t14?,18-,22-/m0/s1. The smallest absolute Gasteiger partial charge is 0.329 e. The number of nitrogens with zero attached hydrogens (tertiary/aromatic N) is 2. The van der Waals surface area contributed by atoms with Crippen LogP contribution in [0.15, 0.2) is 27.8 Å². The summed E-state index contributed by atoms with van der Waals surface area (Å²) in [4.78, 5) is 47.1. The minimum absolute atomic E-state index is 0.00462. The predicted molar refractivity (Wildman–Crippen MR) is 115 cm³/mol. The summed E-state index contributed by atoms with van der Waals surface area (Å²) in [5.74, 6) is -1.22. The molecule has 0 saturated carbocycles. The minimum Gasteiger partial charge on any atom is -0.473 e. The lowest BCUT2D eigenvalue weighted by Crippen LogP contribution is -2.53. The van der Waals surface area contributed by atoms with Crippen LogP contribution in [0.2, 0.25) is 0 Å². The molecule has 1 aromatic heterocycles. The van der Waals surface area contributed by atoms with Crippen molar-refractivity contribution in [1.29, 1.82) is 0 Å². The molecule has 2 amide bonds. The number of esters is 1. The molecule has 10 nitrogen and oxygen atoms in total. The third kappa shape index (κ3) is 5.54. The van der Waals surface area contributed by atoms with Crippen LogP contribution in [0.4, 0.5) is 0 Å². The molecule has 3 atom stereocenters. The van der Waals surface area contributed by atoms with E-state index in [1.807, 2.05) is 13.0 Å². The third-order valence-corrected chi connectivity index (χ3v) is 5.20. The average molecular weight is 447 g/mol. The van der Waals surface area contributed by atoms with Crippen LogP contribution in [-0.4, -0.2) is 53.0 Å². The SMILES string of the molecule is CCC/C=C/C1CC(=O)NCc2nc(co2)C2=N[C@@](C)(CO2)C(=O)N[C@@H](C(C)C)C(=O)O1. The lowest BCUT2D eigenvalue weighted by molar-refractivity contribution is -0.153. The molecule has 0 fully saturated rings. The van der Waals surface area contributed by atoms with E-state index in [1.165, 1.54) is 6.26 Å². The normalized spacial score (nSPS) is 27.0. The Labute approximate surface area is 186 Å². The van der Waals surface area contributed by atoms with E-state index in [4.69, 9.17) is 13.9 Å². The van der Waals surface area contributed by atoms with E-state index in [1.54, 1.807) is 26.8 Å². The number of amides is 2. The minimum atomic E-state index is -1.23. The number of oxazole rings is 1. The van der Waals surface area contributed by atoms with Gasteiger partial charge >= 0.3 is 5.97 Å². The van der Waals surface area contributed by atoms with E-state index in [0.717, 1.165) is 12.8 Å². The van der Waals surface area contributed by atoms with Gasteiger partial charge in [0, 0.05) is 0 Å². The Morgan fingerprint density at radius 1 is 1.31 bits per heavy atom. The van der Waals surface area contributed by atoms with Gasteiger partial charge < -0.3 is 24.5 Å². The van der Waals surface area contributed by atoms with Crippen LogP contribution in [0.1, 0.15) is 58.5 Å². The third-order valence-electron chi connectivity index (χ3n) is 5.20. The highest BCUT2D eigenvalue weighted by Gasteiger charge is 2.43. The summed E-state index contributed by atoms with van der Waals surface area (Å²) in [7, 11) is 0. The number of fused-ring (bicyclic) bond motifs is 4. The molecule has 4 bridgehead atoms. The van der Waals surface area contributed by atoms with E-state index in [-0.39, 0.29) is 43.2 Å². The molecule has 0 aliphatic carbocycles. The van der Waals surface area contributed by atoms with Crippen LogP contribution < -0.4 is 10.6 Å². The van der Waals surface area contributed by atoms with Gasteiger partial charge in [0.1, 0.15) is 25.0 Å². The molecule has 0 saturated heterocycles. The Kier molecular flexibility index (Phi) is 7.32. The number of ether oxygens (including phenoxy) is 2. The first kappa shape index (κ1) is 23.5. The second kappa shape index (κ2) is 9.97.